The number of oxime groups is 1. The number of hydrogen-bond donors (Lipinski definition) is 3. The van der Waals surface area contributed by atoms with Crippen molar-refractivity contribution in [2.24, 2.45) is 10.9 Å². The van der Waals surface area contributed by atoms with Crippen molar-refractivity contribution in [2.45, 2.75) is 57.5 Å². The number of ether oxygens (including phenoxy) is 3. The molecule has 212 valence electrons. The topological polar surface area (TPSA) is 201 Å². The van der Waals surface area contributed by atoms with Gasteiger partial charge in [0.05, 0.1) is 12.1 Å². The standard InChI is InChI=1S/C22H28N6O9S2/c1-9(2)35-22(33)37-11(4)36-20(32)13-6-7-38-19-15(18(31)28(13)19)25-17(30)14(27-34-5)12-8-39-21(24-12)26-16(29)10(3)23/h6,8-11,15,19H,7,23H2,1-5H3,(H,25,30)(H,24,26,29)/t10-,11?,15?,19+/m0/s1. The number of esters is 1. The molecule has 4 atom stereocenters. The monoisotopic (exact) mass is 584 g/mol. The predicted molar refractivity (Wildman–Crippen MR) is 139 cm³/mol. The molecule has 1 aromatic rings. The van der Waals surface area contributed by atoms with E-state index in [2.05, 4.69) is 20.8 Å². The van der Waals surface area contributed by atoms with Crippen molar-refractivity contribution < 1.29 is 43.0 Å². The lowest BCUT2D eigenvalue weighted by Gasteiger charge is -2.48. The van der Waals surface area contributed by atoms with E-state index in [9.17, 15) is 24.0 Å². The number of hydrogen-bond acceptors (Lipinski definition) is 14. The molecule has 0 aromatic carbocycles. The zero-order valence-corrected chi connectivity index (χ0v) is 23.3. The van der Waals surface area contributed by atoms with Gasteiger partial charge in [-0.2, -0.15) is 0 Å². The summed E-state index contributed by atoms with van der Waals surface area (Å²) in [6.45, 7) is 6.11. The van der Waals surface area contributed by atoms with Crippen molar-refractivity contribution in [1.29, 1.82) is 0 Å². The maximum absolute atomic E-state index is 13.0. The molecule has 0 radical (unpaired) electrons. The molecule has 15 nitrogen and oxygen atoms in total. The average Bonchev–Trinajstić information content (AvgIpc) is 3.31. The number of thioether (sulfide) groups is 1. The van der Waals surface area contributed by atoms with E-state index in [0.29, 0.717) is 5.75 Å². The summed E-state index contributed by atoms with van der Waals surface area (Å²) in [4.78, 5) is 72.2. The molecular formula is C22H28N6O9S2. The second-order valence-corrected chi connectivity index (χ2v) is 10.4. The van der Waals surface area contributed by atoms with Gasteiger partial charge in [-0.1, -0.05) is 5.16 Å². The molecule has 17 heteroatoms. The van der Waals surface area contributed by atoms with Crippen LogP contribution in [0.4, 0.5) is 9.93 Å². The average molecular weight is 585 g/mol. The van der Waals surface area contributed by atoms with Crippen LogP contribution in [-0.4, -0.2) is 88.2 Å². The smallest absolute Gasteiger partial charge is 0.431 e. The zero-order chi connectivity index (χ0) is 28.9. The molecule has 3 amide bonds. The Labute approximate surface area is 231 Å². The van der Waals surface area contributed by atoms with E-state index in [1.807, 2.05) is 0 Å². The Kier molecular flexibility index (Phi) is 9.87. The Balaban J connectivity index is 1.63. The van der Waals surface area contributed by atoms with Crippen molar-refractivity contribution in [2.75, 3.05) is 18.2 Å². The lowest BCUT2D eigenvalue weighted by atomic mass is 10.0. The molecule has 0 aliphatic carbocycles. The highest BCUT2D eigenvalue weighted by Crippen LogP contribution is 2.38. The van der Waals surface area contributed by atoms with Crippen molar-refractivity contribution in [1.82, 2.24) is 15.2 Å². The molecule has 3 rings (SSSR count). The van der Waals surface area contributed by atoms with Gasteiger partial charge in [-0.3, -0.25) is 19.3 Å². The van der Waals surface area contributed by atoms with Crippen LogP contribution in [0.3, 0.4) is 0 Å². The van der Waals surface area contributed by atoms with Crippen LogP contribution < -0.4 is 16.4 Å². The van der Waals surface area contributed by atoms with Crippen LogP contribution >= 0.6 is 23.1 Å². The summed E-state index contributed by atoms with van der Waals surface area (Å²) >= 11 is 2.36. The van der Waals surface area contributed by atoms with Gasteiger partial charge < -0.3 is 35.4 Å². The van der Waals surface area contributed by atoms with Gasteiger partial charge >= 0.3 is 12.1 Å². The fourth-order valence-electron chi connectivity index (χ4n) is 3.28. The fourth-order valence-corrected chi connectivity index (χ4v) is 5.18. The third-order valence-electron chi connectivity index (χ3n) is 5.00. The van der Waals surface area contributed by atoms with Crippen LogP contribution in [0.2, 0.25) is 0 Å². The number of thiazole rings is 1. The lowest BCUT2D eigenvalue weighted by molar-refractivity contribution is -0.169. The van der Waals surface area contributed by atoms with E-state index in [0.717, 1.165) is 11.3 Å². The molecular weight excluding hydrogens is 556 g/mol. The Morgan fingerprint density at radius 1 is 1.18 bits per heavy atom. The van der Waals surface area contributed by atoms with Gasteiger partial charge in [0.1, 0.15) is 29.9 Å². The molecule has 3 heterocycles. The normalized spacial score (nSPS) is 20.1. The lowest BCUT2D eigenvalue weighted by Crippen LogP contribution is -2.70. The first-order valence-electron chi connectivity index (χ1n) is 11.6. The van der Waals surface area contributed by atoms with E-state index < -0.39 is 59.7 Å². The van der Waals surface area contributed by atoms with Crippen LogP contribution in [0, 0.1) is 0 Å². The number of fused-ring (bicyclic) bond motifs is 1. The van der Waals surface area contributed by atoms with E-state index in [1.165, 1.54) is 49.1 Å². The molecule has 2 aliphatic rings. The van der Waals surface area contributed by atoms with Crippen molar-refractivity contribution in [3.8, 4) is 0 Å². The highest BCUT2D eigenvalue weighted by Gasteiger charge is 2.53. The predicted octanol–water partition coefficient (Wildman–Crippen LogP) is 0.514. The summed E-state index contributed by atoms with van der Waals surface area (Å²) in [5, 5.41) is 9.91. The number of nitrogens with one attached hydrogen (secondary N) is 2. The highest BCUT2D eigenvalue weighted by atomic mass is 32.2. The summed E-state index contributed by atoms with van der Waals surface area (Å²) in [6.07, 6.45) is -1.18. The first kappa shape index (κ1) is 29.9. The number of aromatic nitrogens is 1. The Morgan fingerprint density at radius 3 is 2.54 bits per heavy atom. The first-order valence-corrected chi connectivity index (χ1v) is 13.5. The molecule has 2 aliphatic heterocycles. The summed E-state index contributed by atoms with van der Waals surface area (Å²) < 4.78 is 14.8. The van der Waals surface area contributed by atoms with Crippen molar-refractivity contribution >= 4 is 63.8 Å². The van der Waals surface area contributed by atoms with E-state index in [1.54, 1.807) is 13.8 Å². The molecule has 0 saturated carbocycles. The quantitative estimate of drug-likeness (QED) is 0.113. The second kappa shape index (κ2) is 12.9. The number of nitrogens with two attached hydrogens (primary N) is 1. The third kappa shape index (κ3) is 7.24. The van der Waals surface area contributed by atoms with Crippen molar-refractivity contribution in [3.63, 3.8) is 0 Å². The molecule has 1 saturated heterocycles. The van der Waals surface area contributed by atoms with Gasteiger partial charge in [-0.15, -0.1) is 23.1 Å². The van der Waals surface area contributed by atoms with Gasteiger partial charge in [0.25, 0.3) is 11.8 Å². The number of carbonyl (C=O) groups excluding carboxylic acids is 5. The maximum atomic E-state index is 13.0. The summed E-state index contributed by atoms with van der Waals surface area (Å²) in [7, 11) is 1.24. The molecule has 2 unspecified atom stereocenters. The van der Waals surface area contributed by atoms with Crippen LogP contribution in [0.15, 0.2) is 22.3 Å². The van der Waals surface area contributed by atoms with Crippen LogP contribution in [0.25, 0.3) is 0 Å². The first-order chi connectivity index (χ1) is 18.4. The molecule has 0 spiro atoms. The third-order valence-corrected chi connectivity index (χ3v) is 6.94. The number of β-lactam (4-membered cyclic amide) rings is 1. The van der Waals surface area contributed by atoms with Gasteiger partial charge in [0.15, 0.2) is 10.8 Å². The minimum atomic E-state index is -1.27. The molecule has 39 heavy (non-hydrogen) atoms. The zero-order valence-electron chi connectivity index (χ0n) is 21.7. The van der Waals surface area contributed by atoms with Gasteiger partial charge in [-0.25, -0.2) is 14.6 Å². The Bertz CT molecular complexity index is 1200. The van der Waals surface area contributed by atoms with Crippen LogP contribution in [0.1, 0.15) is 33.4 Å². The Hall–Kier alpha value is -3.70. The summed E-state index contributed by atoms with van der Waals surface area (Å²) in [5.41, 5.74) is 5.38. The van der Waals surface area contributed by atoms with E-state index in [4.69, 9.17) is 24.8 Å². The number of amides is 3. The highest BCUT2D eigenvalue weighted by molar-refractivity contribution is 8.00. The number of rotatable bonds is 10. The Morgan fingerprint density at radius 2 is 1.90 bits per heavy atom. The minimum Gasteiger partial charge on any atom is -0.431 e. The van der Waals surface area contributed by atoms with Crippen molar-refractivity contribution in [3.05, 3.63) is 22.8 Å². The molecule has 4 N–H and O–H groups in total. The van der Waals surface area contributed by atoms with Gasteiger partial charge in [0, 0.05) is 18.1 Å². The number of carbonyl (C=O) groups is 5. The fraction of sp³-hybridized carbons (Fsp3) is 0.500. The van der Waals surface area contributed by atoms with E-state index in [-0.39, 0.29) is 22.2 Å². The van der Waals surface area contributed by atoms with Gasteiger partial charge in [-0.05, 0) is 26.8 Å². The minimum absolute atomic E-state index is 0.0401. The molecule has 1 aromatic heterocycles. The number of nitrogens with zero attached hydrogens (tertiary/aromatic N) is 3. The maximum Gasteiger partial charge on any atom is 0.511 e. The molecule has 0 bridgehead atoms. The number of anilines is 1. The molecule has 1 fully saturated rings. The summed E-state index contributed by atoms with van der Waals surface area (Å²) in [5.74, 6) is -2.30. The van der Waals surface area contributed by atoms with Crippen LogP contribution in [-0.2, 0) is 38.2 Å². The van der Waals surface area contributed by atoms with Gasteiger partial charge in [0.2, 0.25) is 12.2 Å². The van der Waals surface area contributed by atoms with E-state index >= 15 is 0 Å². The SMILES string of the molecule is CON=C(C(=O)NC1C(=O)N2C(C(=O)OC(C)OC(=O)OC(C)C)=CCS[C@H]12)c1csc(NC(=O)[C@H](C)N)n1. The largest absolute Gasteiger partial charge is 0.511 e. The van der Waals surface area contributed by atoms with Crippen LogP contribution in [0.5, 0.6) is 0 Å². The second-order valence-electron chi connectivity index (χ2n) is 8.42. The summed E-state index contributed by atoms with van der Waals surface area (Å²) in [6, 6.07) is -1.74.